The van der Waals surface area contributed by atoms with Gasteiger partial charge < -0.3 is 11.5 Å². The molecule has 3 nitrogen and oxygen atoms in total. The van der Waals surface area contributed by atoms with Crippen LogP contribution in [-0.2, 0) is 12.8 Å². The van der Waals surface area contributed by atoms with Crippen molar-refractivity contribution in [3.8, 4) is 0 Å². The van der Waals surface area contributed by atoms with E-state index in [9.17, 15) is 4.79 Å². The lowest BCUT2D eigenvalue weighted by Gasteiger charge is -2.25. The number of hydrogen-bond acceptors (Lipinski definition) is 3. The van der Waals surface area contributed by atoms with Crippen molar-refractivity contribution in [3.05, 3.63) is 16.0 Å². The van der Waals surface area contributed by atoms with Crippen molar-refractivity contribution >= 4 is 22.2 Å². The highest BCUT2D eigenvalue weighted by Crippen LogP contribution is 2.39. The van der Waals surface area contributed by atoms with Crippen LogP contribution in [0.4, 0.5) is 5.00 Å². The van der Waals surface area contributed by atoms with Gasteiger partial charge in [-0.1, -0.05) is 13.8 Å². The summed E-state index contributed by atoms with van der Waals surface area (Å²) in [6.45, 7) is 4.50. The van der Waals surface area contributed by atoms with Crippen molar-refractivity contribution in [1.29, 1.82) is 0 Å². The third-order valence-corrected chi connectivity index (χ3v) is 4.60. The lowest BCUT2D eigenvalue weighted by Crippen LogP contribution is -2.20. The molecule has 0 saturated heterocycles. The second-order valence-corrected chi connectivity index (χ2v) is 5.99. The third kappa shape index (κ3) is 1.82. The van der Waals surface area contributed by atoms with E-state index in [0.717, 1.165) is 24.8 Å². The number of anilines is 1. The summed E-state index contributed by atoms with van der Waals surface area (Å²) in [6, 6.07) is 0. The van der Waals surface area contributed by atoms with Crippen molar-refractivity contribution < 1.29 is 4.79 Å². The molecular formula is C12H18N2OS. The van der Waals surface area contributed by atoms with Crippen LogP contribution in [-0.4, -0.2) is 5.91 Å². The summed E-state index contributed by atoms with van der Waals surface area (Å²) in [7, 11) is 0. The van der Waals surface area contributed by atoms with E-state index in [4.69, 9.17) is 11.5 Å². The van der Waals surface area contributed by atoms with Gasteiger partial charge in [0.1, 0.15) is 0 Å². The van der Waals surface area contributed by atoms with Crippen molar-refractivity contribution in [2.24, 2.45) is 17.6 Å². The minimum absolute atomic E-state index is 0.377. The molecule has 0 spiro atoms. The molecule has 1 aromatic rings. The minimum atomic E-state index is -0.377. The zero-order valence-corrected chi connectivity index (χ0v) is 10.6. The van der Waals surface area contributed by atoms with Crippen LogP contribution in [0.2, 0.25) is 0 Å². The Bertz CT molecular complexity index is 423. The Hall–Kier alpha value is -1.03. The van der Waals surface area contributed by atoms with Crippen molar-refractivity contribution in [1.82, 2.24) is 0 Å². The summed E-state index contributed by atoms with van der Waals surface area (Å²) in [5.74, 6) is 1.03. The minimum Gasteiger partial charge on any atom is -0.390 e. The number of carbonyl (C=O) groups excluding carboxylic acids is 1. The SMILES string of the molecule is CC(C)C1CCc2c(sc(N)c2C(N)=O)C1. The zero-order valence-electron chi connectivity index (χ0n) is 9.75. The Kier molecular flexibility index (Phi) is 2.93. The van der Waals surface area contributed by atoms with E-state index in [1.807, 2.05) is 0 Å². The van der Waals surface area contributed by atoms with Crippen LogP contribution in [0.15, 0.2) is 0 Å². The molecule has 0 bridgehead atoms. The maximum absolute atomic E-state index is 11.3. The Morgan fingerprint density at radius 3 is 2.75 bits per heavy atom. The van der Waals surface area contributed by atoms with Crippen LogP contribution in [0, 0.1) is 11.8 Å². The molecule has 88 valence electrons. The number of nitrogens with two attached hydrogens (primary N) is 2. The van der Waals surface area contributed by atoms with Gasteiger partial charge >= 0.3 is 0 Å². The number of thiophene rings is 1. The van der Waals surface area contributed by atoms with E-state index in [1.54, 1.807) is 11.3 Å². The first kappa shape index (κ1) is 11.5. The first-order valence-corrected chi connectivity index (χ1v) is 6.52. The predicted molar refractivity (Wildman–Crippen MR) is 67.6 cm³/mol. The van der Waals surface area contributed by atoms with E-state index in [2.05, 4.69) is 13.8 Å². The van der Waals surface area contributed by atoms with E-state index in [0.29, 0.717) is 22.4 Å². The molecule has 16 heavy (non-hydrogen) atoms. The molecule has 1 heterocycles. The largest absolute Gasteiger partial charge is 0.390 e. The standard InChI is InChI=1S/C12H18N2OS/c1-6(2)7-3-4-8-9(5-7)16-12(14)10(8)11(13)15/h6-7H,3-5,14H2,1-2H3,(H2,13,15). The van der Waals surface area contributed by atoms with Crippen molar-refractivity contribution in [2.45, 2.75) is 33.1 Å². The fourth-order valence-corrected chi connectivity index (χ4v) is 3.69. The summed E-state index contributed by atoms with van der Waals surface area (Å²) >= 11 is 1.54. The number of primary amides is 1. The molecule has 4 N–H and O–H groups in total. The summed E-state index contributed by atoms with van der Waals surface area (Å²) in [5, 5.41) is 0.599. The molecule has 1 aliphatic carbocycles. The monoisotopic (exact) mass is 238 g/mol. The van der Waals surface area contributed by atoms with Gasteiger partial charge in [0.15, 0.2) is 0 Å². The topological polar surface area (TPSA) is 69.1 Å². The first-order chi connectivity index (χ1) is 7.50. The lowest BCUT2D eigenvalue weighted by atomic mass is 9.81. The number of fused-ring (bicyclic) bond motifs is 1. The van der Waals surface area contributed by atoms with Crippen LogP contribution in [0.1, 0.15) is 41.1 Å². The Morgan fingerprint density at radius 2 is 2.19 bits per heavy atom. The van der Waals surface area contributed by atoms with Gasteiger partial charge in [-0.2, -0.15) is 0 Å². The Morgan fingerprint density at radius 1 is 1.50 bits per heavy atom. The number of amides is 1. The number of nitrogen functional groups attached to an aromatic ring is 1. The average molecular weight is 238 g/mol. The molecule has 0 fully saturated rings. The van der Waals surface area contributed by atoms with Gasteiger partial charge in [0, 0.05) is 4.88 Å². The van der Waals surface area contributed by atoms with E-state index >= 15 is 0 Å². The highest BCUT2D eigenvalue weighted by atomic mass is 32.1. The quantitative estimate of drug-likeness (QED) is 0.829. The molecule has 1 atom stereocenters. The molecule has 1 amide bonds. The summed E-state index contributed by atoms with van der Waals surface area (Å²) < 4.78 is 0. The van der Waals surface area contributed by atoms with E-state index in [-0.39, 0.29) is 5.91 Å². The summed E-state index contributed by atoms with van der Waals surface area (Å²) in [4.78, 5) is 12.6. The smallest absolute Gasteiger partial charge is 0.251 e. The maximum Gasteiger partial charge on any atom is 0.251 e. The van der Waals surface area contributed by atoms with E-state index in [1.165, 1.54) is 4.88 Å². The average Bonchev–Trinajstić information content (AvgIpc) is 2.51. The molecule has 1 unspecified atom stereocenters. The van der Waals surface area contributed by atoms with Crippen molar-refractivity contribution in [2.75, 3.05) is 5.73 Å². The predicted octanol–water partition coefficient (Wildman–Crippen LogP) is 2.19. The lowest BCUT2D eigenvalue weighted by molar-refractivity contribution is 0.1000. The molecule has 0 aliphatic heterocycles. The second-order valence-electron chi connectivity index (χ2n) is 4.85. The van der Waals surface area contributed by atoms with Gasteiger partial charge in [0.05, 0.1) is 10.6 Å². The highest BCUT2D eigenvalue weighted by Gasteiger charge is 2.28. The molecule has 1 aliphatic rings. The summed E-state index contributed by atoms with van der Waals surface area (Å²) in [5.41, 5.74) is 12.9. The van der Waals surface area contributed by atoms with Crippen molar-refractivity contribution in [3.63, 3.8) is 0 Å². The maximum atomic E-state index is 11.3. The van der Waals surface area contributed by atoms with Crippen LogP contribution in [0.25, 0.3) is 0 Å². The molecule has 2 rings (SSSR count). The fourth-order valence-electron chi connectivity index (χ4n) is 2.47. The van der Waals surface area contributed by atoms with Gasteiger partial charge in [0.2, 0.25) is 0 Å². The second kappa shape index (κ2) is 4.09. The van der Waals surface area contributed by atoms with Gasteiger partial charge in [0.25, 0.3) is 5.91 Å². The van der Waals surface area contributed by atoms with Crippen LogP contribution in [0.5, 0.6) is 0 Å². The Balaban J connectivity index is 2.35. The zero-order chi connectivity index (χ0) is 11.9. The normalized spacial score (nSPS) is 19.8. The van der Waals surface area contributed by atoms with Gasteiger partial charge in [-0.25, -0.2) is 0 Å². The van der Waals surface area contributed by atoms with Gasteiger partial charge in [-0.15, -0.1) is 11.3 Å². The van der Waals surface area contributed by atoms with Crippen LogP contribution < -0.4 is 11.5 Å². The molecule has 0 aromatic carbocycles. The van der Waals surface area contributed by atoms with Crippen LogP contribution in [0.3, 0.4) is 0 Å². The van der Waals surface area contributed by atoms with Crippen LogP contribution >= 0.6 is 11.3 Å². The first-order valence-electron chi connectivity index (χ1n) is 5.70. The third-order valence-electron chi connectivity index (χ3n) is 3.52. The number of rotatable bonds is 2. The summed E-state index contributed by atoms with van der Waals surface area (Å²) in [6.07, 6.45) is 3.14. The number of carbonyl (C=O) groups is 1. The Labute approximate surface area is 99.8 Å². The van der Waals surface area contributed by atoms with E-state index < -0.39 is 0 Å². The molecule has 1 aromatic heterocycles. The molecule has 0 saturated carbocycles. The highest BCUT2D eigenvalue weighted by molar-refractivity contribution is 7.16. The number of hydrogen-bond donors (Lipinski definition) is 2. The van der Waals surface area contributed by atoms with Gasteiger partial charge in [-0.3, -0.25) is 4.79 Å². The molecule has 0 radical (unpaired) electrons. The van der Waals surface area contributed by atoms with Gasteiger partial charge in [-0.05, 0) is 36.7 Å². The fraction of sp³-hybridized carbons (Fsp3) is 0.583. The molecule has 4 heteroatoms. The molecular weight excluding hydrogens is 220 g/mol.